The first kappa shape index (κ1) is 19.1. The number of rotatable bonds is 5. The predicted molar refractivity (Wildman–Crippen MR) is 99.4 cm³/mol. The first-order valence-electron chi connectivity index (χ1n) is 8.65. The largest absolute Gasteiger partial charge is 0.360 e. The highest BCUT2D eigenvalue weighted by Gasteiger charge is 2.34. The van der Waals surface area contributed by atoms with Gasteiger partial charge in [0.25, 0.3) is 11.8 Å². The number of hydrogen-bond donors (Lipinski definition) is 1. The highest BCUT2D eigenvalue weighted by atomic mass is 32.2. The SMILES string of the molecule is CCN(C(=O)c1ccc(C(=O)Nc2cc(C)on2)cc1)C1CCS(=O)(=O)C1. The number of anilines is 1. The van der Waals surface area contributed by atoms with E-state index < -0.39 is 9.84 Å². The van der Waals surface area contributed by atoms with E-state index in [-0.39, 0.29) is 29.4 Å². The summed E-state index contributed by atoms with van der Waals surface area (Å²) in [5.41, 5.74) is 0.786. The molecule has 1 aliphatic heterocycles. The Labute approximate surface area is 157 Å². The summed E-state index contributed by atoms with van der Waals surface area (Å²) in [5.74, 6) is 0.416. The third kappa shape index (κ3) is 4.36. The number of carbonyl (C=O) groups excluding carboxylic acids is 2. The smallest absolute Gasteiger partial charge is 0.256 e. The van der Waals surface area contributed by atoms with Crippen LogP contribution in [0.4, 0.5) is 5.82 Å². The maximum Gasteiger partial charge on any atom is 0.256 e. The van der Waals surface area contributed by atoms with Crippen LogP contribution in [-0.2, 0) is 9.84 Å². The van der Waals surface area contributed by atoms with Gasteiger partial charge < -0.3 is 14.7 Å². The topological polar surface area (TPSA) is 110 Å². The Balaban J connectivity index is 1.70. The summed E-state index contributed by atoms with van der Waals surface area (Å²) in [7, 11) is -3.07. The predicted octanol–water partition coefficient (Wildman–Crippen LogP) is 1.88. The Morgan fingerprint density at radius 3 is 2.44 bits per heavy atom. The Hall–Kier alpha value is -2.68. The normalized spacial score (nSPS) is 18.2. The van der Waals surface area contributed by atoms with E-state index in [9.17, 15) is 18.0 Å². The van der Waals surface area contributed by atoms with Crippen molar-refractivity contribution in [2.45, 2.75) is 26.3 Å². The Morgan fingerprint density at radius 2 is 1.93 bits per heavy atom. The van der Waals surface area contributed by atoms with Crippen LogP contribution in [0.15, 0.2) is 34.9 Å². The van der Waals surface area contributed by atoms with Gasteiger partial charge in [0.1, 0.15) is 5.76 Å². The molecule has 1 aliphatic rings. The minimum absolute atomic E-state index is 0.00415. The maximum absolute atomic E-state index is 12.8. The second-order valence-electron chi connectivity index (χ2n) is 6.50. The lowest BCUT2D eigenvalue weighted by Gasteiger charge is -2.27. The molecule has 3 rings (SSSR count). The number of hydrogen-bond acceptors (Lipinski definition) is 6. The minimum atomic E-state index is -3.07. The van der Waals surface area contributed by atoms with E-state index in [1.807, 2.05) is 6.92 Å². The van der Waals surface area contributed by atoms with Crippen molar-refractivity contribution in [2.75, 3.05) is 23.4 Å². The number of aromatic nitrogens is 1. The van der Waals surface area contributed by atoms with Gasteiger partial charge in [-0.2, -0.15) is 0 Å². The summed E-state index contributed by atoms with van der Waals surface area (Å²) in [6.45, 7) is 3.97. The Kier molecular flexibility index (Phi) is 5.31. The highest BCUT2D eigenvalue weighted by molar-refractivity contribution is 7.91. The van der Waals surface area contributed by atoms with Gasteiger partial charge in [-0.05, 0) is 44.5 Å². The van der Waals surface area contributed by atoms with Gasteiger partial charge in [-0.25, -0.2) is 8.42 Å². The number of carbonyl (C=O) groups is 2. The van der Waals surface area contributed by atoms with Crippen LogP contribution in [0, 0.1) is 6.92 Å². The van der Waals surface area contributed by atoms with Crippen molar-refractivity contribution in [1.29, 1.82) is 0 Å². The van der Waals surface area contributed by atoms with Gasteiger partial charge in [-0.1, -0.05) is 5.16 Å². The van der Waals surface area contributed by atoms with E-state index in [1.54, 1.807) is 42.2 Å². The average molecular weight is 391 g/mol. The zero-order valence-corrected chi connectivity index (χ0v) is 16.0. The first-order valence-corrected chi connectivity index (χ1v) is 10.5. The molecule has 1 fully saturated rings. The van der Waals surface area contributed by atoms with Crippen LogP contribution >= 0.6 is 0 Å². The van der Waals surface area contributed by atoms with Gasteiger partial charge in [0.15, 0.2) is 15.7 Å². The molecule has 0 spiro atoms. The van der Waals surface area contributed by atoms with Crippen molar-refractivity contribution < 1.29 is 22.5 Å². The quantitative estimate of drug-likeness (QED) is 0.833. The zero-order chi connectivity index (χ0) is 19.6. The van der Waals surface area contributed by atoms with Crippen LogP contribution in [0.1, 0.15) is 39.8 Å². The molecule has 0 aliphatic carbocycles. The molecule has 9 heteroatoms. The molecular weight excluding hydrogens is 370 g/mol. The maximum atomic E-state index is 12.8. The number of benzene rings is 1. The van der Waals surface area contributed by atoms with E-state index in [2.05, 4.69) is 10.5 Å². The lowest BCUT2D eigenvalue weighted by Crippen LogP contribution is -2.41. The molecule has 1 aromatic heterocycles. The van der Waals surface area contributed by atoms with Crippen LogP contribution in [0.3, 0.4) is 0 Å². The van der Waals surface area contributed by atoms with E-state index in [0.717, 1.165) is 0 Å². The fourth-order valence-corrected chi connectivity index (χ4v) is 4.86. The minimum Gasteiger partial charge on any atom is -0.360 e. The van der Waals surface area contributed by atoms with Crippen LogP contribution in [0.2, 0.25) is 0 Å². The van der Waals surface area contributed by atoms with Crippen LogP contribution < -0.4 is 5.32 Å². The fraction of sp³-hybridized carbons (Fsp3) is 0.389. The second kappa shape index (κ2) is 7.51. The van der Waals surface area contributed by atoms with Gasteiger partial charge in [0.05, 0.1) is 11.5 Å². The fourth-order valence-electron chi connectivity index (χ4n) is 3.13. The Bertz CT molecular complexity index is 950. The first-order chi connectivity index (χ1) is 12.8. The average Bonchev–Trinajstić information content (AvgIpc) is 3.20. The molecule has 27 heavy (non-hydrogen) atoms. The van der Waals surface area contributed by atoms with Gasteiger partial charge in [-0.15, -0.1) is 0 Å². The van der Waals surface area contributed by atoms with Gasteiger partial charge in [0.2, 0.25) is 0 Å². The Morgan fingerprint density at radius 1 is 1.26 bits per heavy atom. The molecule has 0 bridgehead atoms. The second-order valence-corrected chi connectivity index (χ2v) is 8.73. The third-order valence-electron chi connectivity index (χ3n) is 4.51. The molecule has 2 heterocycles. The van der Waals surface area contributed by atoms with E-state index >= 15 is 0 Å². The van der Waals surface area contributed by atoms with Crippen LogP contribution in [-0.4, -0.2) is 54.4 Å². The van der Waals surface area contributed by atoms with Crippen molar-refractivity contribution in [2.24, 2.45) is 0 Å². The molecule has 1 saturated heterocycles. The van der Waals surface area contributed by atoms with E-state index in [0.29, 0.717) is 35.7 Å². The van der Waals surface area contributed by atoms with Crippen LogP contribution in [0.5, 0.6) is 0 Å². The number of sulfone groups is 1. The van der Waals surface area contributed by atoms with Gasteiger partial charge >= 0.3 is 0 Å². The molecule has 1 N–H and O–H groups in total. The van der Waals surface area contributed by atoms with Crippen LogP contribution in [0.25, 0.3) is 0 Å². The van der Waals surface area contributed by atoms with Gasteiger partial charge in [0, 0.05) is 29.8 Å². The van der Waals surface area contributed by atoms with Gasteiger partial charge in [-0.3, -0.25) is 9.59 Å². The van der Waals surface area contributed by atoms with Crippen molar-refractivity contribution in [3.05, 3.63) is 47.2 Å². The molecule has 1 atom stereocenters. The molecule has 1 aromatic carbocycles. The van der Waals surface area contributed by atoms with E-state index in [4.69, 9.17) is 4.52 Å². The summed E-state index contributed by atoms with van der Waals surface area (Å²) < 4.78 is 28.3. The summed E-state index contributed by atoms with van der Waals surface area (Å²) in [6, 6.07) is 7.54. The standard InChI is InChI=1S/C18H21N3O5S/c1-3-21(15-8-9-27(24,25)11-15)18(23)14-6-4-13(5-7-14)17(22)19-16-10-12(2)26-20-16/h4-7,10,15H,3,8-9,11H2,1-2H3,(H,19,20,22). The summed E-state index contributed by atoms with van der Waals surface area (Å²) in [6.07, 6.45) is 0.458. The number of nitrogens with zero attached hydrogens (tertiary/aromatic N) is 2. The van der Waals surface area contributed by atoms with Crippen molar-refractivity contribution in [3.63, 3.8) is 0 Å². The third-order valence-corrected chi connectivity index (χ3v) is 6.26. The molecule has 8 nitrogen and oxygen atoms in total. The van der Waals surface area contributed by atoms with Crippen molar-refractivity contribution in [3.8, 4) is 0 Å². The number of nitrogens with one attached hydrogen (secondary N) is 1. The molecule has 0 saturated carbocycles. The summed E-state index contributed by atoms with van der Waals surface area (Å²) >= 11 is 0. The summed E-state index contributed by atoms with van der Waals surface area (Å²) in [4.78, 5) is 26.6. The van der Waals surface area contributed by atoms with Crippen molar-refractivity contribution >= 4 is 27.5 Å². The lowest BCUT2D eigenvalue weighted by atomic mass is 10.1. The highest BCUT2D eigenvalue weighted by Crippen LogP contribution is 2.20. The molecule has 2 amide bonds. The molecule has 144 valence electrons. The number of amides is 2. The number of aryl methyl sites for hydroxylation is 1. The van der Waals surface area contributed by atoms with Crippen molar-refractivity contribution in [1.82, 2.24) is 10.1 Å². The molecular formula is C18H21N3O5S. The molecule has 0 radical (unpaired) electrons. The lowest BCUT2D eigenvalue weighted by molar-refractivity contribution is 0.0708. The van der Waals surface area contributed by atoms with E-state index in [1.165, 1.54) is 0 Å². The summed E-state index contributed by atoms with van der Waals surface area (Å²) in [5, 5.41) is 6.31. The molecule has 2 aromatic rings. The monoisotopic (exact) mass is 391 g/mol. The molecule has 1 unspecified atom stereocenters. The zero-order valence-electron chi connectivity index (χ0n) is 15.1.